The molecule has 1 unspecified atom stereocenters. The summed E-state index contributed by atoms with van der Waals surface area (Å²) in [4.78, 5) is 24.5. The molecule has 1 aliphatic carbocycles. The van der Waals surface area contributed by atoms with E-state index in [-0.39, 0.29) is 23.4 Å². The highest BCUT2D eigenvalue weighted by molar-refractivity contribution is 6.30. The third kappa shape index (κ3) is 3.85. The second-order valence-corrected chi connectivity index (χ2v) is 5.32. The topological polar surface area (TPSA) is 66.8 Å². The summed E-state index contributed by atoms with van der Waals surface area (Å²) in [7, 11) is 0. The Morgan fingerprint density at radius 3 is 2.71 bits per heavy atom. The first-order chi connectivity index (χ1) is 9.90. The zero-order chi connectivity index (χ0) is 15.6. The molecule has 114 valence electrons. The minimum absolute atomic E-state index is 0.0380. The summed E-state index contributed by atoms with van der Waals surface area (Å²) in [5.74, 6) is -1.78. The van der Waals surface area contributed by atoms with Crippen LogP contribution in [0, 0.1) is 5.82 Å². The van der Waals surface area contributed by atoms with Crippen LogP contribution in [0.15, 0.2) is 18.2 Å². The van der Waals surface area contributed by atoms with Crippen LogP contribution in [0.5, 0.6) is 5.75 Å². The number of amides is 1. The summed E-state index contributed by atoms with van der Waals surface area (Å²) in [6, 6.07) is 2.83. The Morgan fingerprint density at radius 1 is 1.52 bits per heavy atom. The summed E-state index contributed by atoms with van der Waals surface area (Å²) in [6.45, 7) is 1.16. The van der Waals surface area contributed by atoms with Crippen LogP contribution in [-0.4, -0.2) is 40.6 Å². The monoisotopic (exact) mass is 315 g/mol. The zero-order valence-electron chi connectivity index (χ0n) is 11.4. The summed E-state index contributed by atoms with van der Waals surface area (Å²) in [6.07, 6.45) is 1.59. The first-order valence-electron chi connectivity index (χ1n) is 6.52. The van der Waals surface area contributed by atoms with Crippen LogP contribution >= 0.6 is 11.6 Å². The average Bonchev–Trinajstić information content (AvgIpc) is 3.24. The Kier molecular flexibility index (Phi) is 4.67. The van der Waals surface area contributed by atoms with E-state index < -0.39 is 23.7 Å². The van der Waals surface area contributed by atoms with Crippen molar-refractivity contribution >= 4 is 23.5 Å². The van der Waals surface area contributed by atoms with Crippen molar-refractivity contribution in [3.05, 3.63) is 29.0 Å². The molecule has 0 saturated heterocycles. The molecule has 0 spiro atoms. The van der Waals surface area contributed by atoms with Crippen molar-refractivity contribution in [1.82, 2.24) is 4.90 Å². The Morgan fingerprint density at radius 2 is 2.19 bits per heavy atom. The third-order valence-electron chi connectivity index (χ3n) is 3.26. The number of benzene rings is 1. The van der Waals surface area contributed by atoms with Crippen molar-refractivity contribution in [3.63, 3.8) is 0 Å². The van der Waals surface area contributed by atoms with Crippen molar-refractivity contribution in [1.29, 1.82) is 0 Å². The standard InChI is InChI=1S/C14H15ClFNO4/c1-8(14(19)20)17(9-2-3-9)13(18)7-21-10-4-5-12(16)11(15)6-10/h4-6,8-9H,2-3,7H2,1H3,(H,19,20). The molecule has 1 aromatic carbocycles. The maximum atomic E-state index is 13.0. The third-order valence-corrected chi connectivity index (χ3v) is 3.55. The van der Waals surface area contributed by atoms with Gasteiger partial charge in [0.25, 0.3) is 5.91 Å². The molecule has 1 saturated carbocycles. The molecule has 0 heterocycles. The van der Waals surface area contributed by atoms with Gasteiger partial charge in [0.2, 0.25) is 0 Å². The van der Waals surface area contributed by atoms with Gasteiger partial charge in [0.05, 0.1) is 5.02 Å². The van der Waals surface area contributed by atoms with E-state index in [2.05, 4.69) is 0 Å². The van der Waals surface area contributed by atoms with Gasteiger partial charge in [0, 0.05) is 12.1 Å². The number of rotatable bonds is 6. The van der Waals surface area contributed by atoms with E-state index in [1.165, 1.54) is 24.0 Å². The summed E-state index contributed by atoms with van der Waals surface area (Å²) < 4.78 is 18.3. The Hall–Kier alpha value is -1.82. The van der Waals surface area contributed by atoms with Crippen LogP contribution < -0.4 is 4.74 Å². The molecular formula is C14H15ClFNO4. The summed E-state index contributed by atoms with van der Waals surface area (Å²) in [5, 5.41) is 8.94. The zero-order valence-corrected chi connectivity index (χ0v) is 12.1. The second-order valence-electron chi connectivity index (χ2n) is 4.91. The molecule has 7 heteroatoms. The van der Waals surface area contributed by atoms with Gasteiger partial charge in [-0.2, -0.15) is 0 Å². The van der Waals surface area contributed by atoms with Crippen molar-refractivity contribution in [2.75, 3.05) is 6.61 Å². The number of halogens is 2. The van der Waals surface area contributed by atoms with E-state index in [0.717, 1.165) is 18.9 Å². The molecule has 0 aliphatic heterocycles. The van der Waals surface area contributed by atoms with E-state index in [1.807, 2.05) is 0 Å². The number of carbonyl (C=O) groups excluding carboxylic acids is 1. The molecule has 2 rings (SSSR count). The highest BCUT2D eigenvalue weighted by Gasteiger charge is 2.38. The van der Waals surface area contributed by atoms with Crippen LogP contribution in [0.4, 0.5) is 4.39 Å². The number of carboxylic acids is 1. The van der Waals surface area contributed by atoms with Gasteiger partial charge in [-0.25, -0.2) is 9.18 Å². The molecular weight excluding hydrogens is 301 g/mol. The van der Waals surface area contributed by atoms with E-state index in [4.69, 9.17) is 21.4 Å². The predicted molar refractivity (Wildman–Crippen MR) is 73.9 cm³/mol. The fourth-order valence-corrected chi connectivity index (χ4v) is 2.16. The fraction of sp³-hybridized carbons (Fsp3) is 0.429. The lowest BCUT2D eigenvalue weighted by atomic mass is 10.2. The molecule has 1 N–H and O–H groups in total. The first-order valence-corrected chi connectivity index (χ1v) is 6.89. The molecule has 1 aromatic rings. The molecule has 0 aromatic heterocycles. The molecule has 0 radical (unpaired) electrons. The van der Waals surface area contributed by atoms with Gasteiger partial charge in [0.15, 0.2) is 6.61 Å². The van der Waals surface area contributed by atoms with Gasteiger partial charge in [-0.15, -0.1) is 0 Å². The number of nitrogens with zero attached hydrogens (tertiary/aromatic N) is 1. The van der Waals surface area contributed by atoms with Crippen LogP contribution in [0.2, 0.25) is 5.02 Å². The molecule has 5 nitrogen and oxygen atoms in total. The van der Waals surface area contributed by atoms with Gasteiger partial charge >= 0.3 is 5.97 Å². The maximum Gasteiger partial charge on any atom is 0.326 e. The number of carboxylic acid groups (broad SMARTS) is 1. The summed E-state index contributed by atoms with van der Waals surface area (Å²) >= 11 is 5.62. The number of carbonyl (C=O) groups is 2. The highest BCUT2D eigenvalue weighted by atomic mass is 35.5. The Balaban J connectivity index is 1.99. The highest BCUT2D eigenvalue weighted by Crippen LogP contribution is 2.29. The largest absolute Gasteiger partial charge is 0.484 e. The predicted octanol–water partition coefficient (Wildman–Crippen LogP) is 2.32. The van der Waals surface area contributed by atoms with Gasteiger partial charge in [-0.3, -0.25) is 4.79 Å². The van der Waals surface area contributed by atoms with E-state index in [0.29, 0.717) is 0 Å². The van der Waals surface area contributed by atoms with Crippen molar-refractivity contribution in [3.8, 4) is 5.75 Å². The molecule has 1 atom stereocenters. The van der Waals surface area contributed by atoms with E-state index in [9.17, 15) is 14.0 Å². The van der Waals surface area contributed by atoms with Crippen molar-refractivity contribution in [2.24, 2.45) is 0 Å². The quantitative estimate of drug-likeness (QED) is 0.875. The Labute approximate surface area is 126 Å². The van der Waals surface area contributed by atoms with Gasteiger partial charge in [0.1, 0.15) is 17.6 Å². The minimum Gasteiger partial charge on any atom is -0.484 e. The van der Waals surface area contributed by atoms with Crippen LogP contribution in [-0.2, 0) is 9.59 Å². The van der Waals surface area contributed by atoms with Gasteiger partial charge in [-0.1, -0.05) is 11.6 Å². The van der Waals surface area contributed by atoms with Crippen molar-refractivity contribution < 1.29 is 23.8 Å². The SMILES string of the molecule is CC(C(=O)O)N(C(=O)COc1ccc(F)c(Cl)c1)C1CC1. The number of hydrogen-bond acceptors (Lipinski definition) is 3. The first kappa shape index (κ1) is 15.6. The second kappa shape index (κ2) is 6.30. The number of hydrogen-bond donors (Lipinski definition) is 1. The molecule has 1 aliphatic rings. The van der Waals surface area contributed by atoms with Crippen LogP contribution in [0.25, 0.3) is 0 Å². The van der Waals surface area contributed by atoms with Crippen LogP contribution in [0.1, 0.15) is 19.8 Å². The molecule has 1 amide bonds. The number of ether oxygens (including phenoxy) is 1. The Bertz CT molecular complexity index is 562. The molecule has 0 bridgehead atoms. The lowest BCUT2D eigenvalue weighted by molar-refractivity contribution is -0.150. The maximum absolute atomic E-state index is 13.0. The van der Waals surface area contributed by atoms with E-state index >= 15 is 0 Å². The average molecular weight is 316 g/mol. The van der Waals surface area contributed by atoms with Gasteiger partial charge < -0.3 is 14.7 Å². The summed E-state index contributed by atoms with van der Waals surface area (Å²) in [5.41, 5.74) is 0. The lowest BCUT2D eigenvalue weighted by Gasteiger charge is -2.26. The lowest BCUT2D eigenvalue weighted by Crippen LogP contribution is -2.46. The molecule has 21 heavy (non-hydrogen) atoms. The molecule has 1 fully saturated rings. The number of aliphatic carboxylic acids is 1. The minimum atomic E-state index is -1.06. The van der Waals surface area contributed by atoms with Crippen LogP contribution in [0.3, 0.4) is 0 Å². The van der Waals surface area contributed by atoms with Crippen molar-refractivity contribution in [2.45, 2.75) is 31.8 Å². The van der Waals surface area contributed by atoms with Gasteiger partial charge in [-0.05, 0) is 31.9 Å². The van der Waals surface area contributed by atoms with E-state index in [1.54, 1.807) is 0 Å². The smallest absolute Gasteiger partial charge is 0.326 e. The normalized spacial score (nSPS) is 15.4. The fourth-order valence-electron chi connectivity index (χ4n) is 1.99.